The fourth-order valence-corrected chi connectivity index (χ4v) is 1.66. The van der Waals surface area contributed by atoms with E-state index in [-0.39, 0.29) is 5.28 Å². The molecule has 0 aliphatic carbocycles. The Balaban J connectivity index is 2.43. The lowest BCUT2D eigenvalue weighted by Gasteiger charge is -2.07. The molecule has 0 radical (unpaired) electrons. The van der Waals surface area contributed by atoms with Gasteiger partial charge in [0.15, 0.2) is 6.29 Å². The molecule has 0 spiro atoms. The van der Waals surface area contributed by atoms with E-state index in [0.29, 0.717) is 5.56 Å². The van der Waals surface area contributed by atoms with E-state index in [1.165, 1.54) is 0 Å². The van der Waals surface area contributed by atoms with Gasteiger partial charge in [0.05, 0.1) is 5.69 Å². The first kappa shape index (κ1) is 12.0. The van der Waals surface area contributed by atoms with Gasteiger partial charge in [-0.2, -0.15) is 0 Å². The van der Waals surface area contributed by atoms with Gasteiger partial charge in [0.1, 0.15) is 0 Å². The van der Waals surface area contributed by atoms with E-state index in [0.717, 1.165) is 16.8 Å². The Labute approximate surface area is 104 Å². The molecule has 0 bridgehead atoms. The van der Waals surface area contributed by atoms with Gasteiger partial charge in [-0.05, 0) is 24.1 Å². The maximum atomic E-state index is 8.99. The van der Waals surface area contributed by atoms with Crippen molar-refractivity contribution >= 4 is 11.6 Å². The van der Waals surface area contributed by atoms with E-state index in [1.807, 2.05) is 6.92 Å². The molecule has 1 aromatic carbocycles. The number of halogens is 1. The number of rotatable bonds is 2. The van der Waals surface area contributed by atoms with Crippen LogP contribution >= 0.6 is 11.6 Å². The largest absolute Gasteiger partial charge is 0.364 e. The summed E-state index contributed by atoms with van der Waals surface area (Å²) in [4.78, 5) is 8.03. The average Bonchev–Trinajstić information content (AvgIpc) is 2.32. The zero-order chi connectivity index (χ0) is 12.4. The second-order valence-electron chi connectivity index (χ2n) is 3.67. The minimum absolute atomic E-state index is 0.192. The molecular weight excluding hydrogens is 240 g/mol. The first-order valence-corrected chi connectivity index (χ1v) is 5.41. The van der Waals surface area contributed by atoms with Crippen molar-refractivity contribution in [1.82, 2.24) is 9.97 Å². The first-order chi connectivity index (χ1) is 8.08. The predicted octanol–water partition coefficient (Wildman–Crippen LogP) is 2.09. The molecule has 2 N–H and O–H groups in total. The zero-order valence-electron chi connectivity index (χ0n) is 9.13. The van der Waals surface area contributed by atoms with Gasteiger partial charge in [-0.3, -0.25) is 0 Å². The molecule has 0 amide bonds. The van der Waals surface area contributed by atoms with Crippen LogP contribution in [0.4, 0.5) is 0 Å². The number of aliphatic hydroxyl groups excluding tert-OH is 1. The number of aryl methyl sites for hydroxylation is 1. The summed E-state index contributed by atoms with van der Waals surface area (Å²) in [5.74, 6) is 0. The molecule has 5 heteroatoms. The van der Waals surface area contributed by atoms with E-state index in [1.54, 1.807) is 30.5 Å². The molecule has 0 unspecified atom stereocenters. The Bertz CT molecular complexity index is 527. The third-order valence-corrected chi connectivity index (χ3v) is 2.61. The molecule has 0 saturated carbocycles. The maximum absolute atomic E-state index is 8.99. The van der Waals surface area contributed by atoms with Crippen molar-refractivity contribution in [3.05, 3.63) is 46.9 Å². The zero-order valence-corrected chi connectivity index (χ0v) is 9.89. The first-order valence-electron chi connectivity index (χ1n) is 5.03. The molecule has 0 aliphatic heterocycles. The lowest BCUT2D eigenvalue weighted by molar-refractivity contribution is -0.0424. The van der Waals surface area contributed by atoms with Crippen molar-refractivity contribution in [2.45, 2.75) is 13.2 Å². The van der Waals surface area contributed by atoms with E-state index in [4.69, 9.17) is 21.8 Å². The van der Waals surface area contributed by atoms with Crippen LogP contribution in [-0.2, 0) is 0 Å². The number of nitrogens with zero attached hydrogens (tertiary/aromatic N) is 2. The highest BCUT2D eigenvalue weighted by Gasteiger charge is 2.07. The normalized spacial score (nSPS) is 10.9. The quantitative estimate of drug-likeness (QED) is 0.633. The van der Waals surface area contributed by atoms with E-state index < -0.39 is 6.29 Å². The van der Waals surface area contributed by atoms with Gasteiger partial charge in [-0.1, -0.05) is 24.3 Å². The molecule has 17 heavy (non-hydrogen) atoms. The highest BCUT2D eigenvalue weighted by Crippen LogP contribution is 2.23. The summed E-state index contributed by atoms with van der Waals surface area (Å²) in [7, 11) is 0. The van der Waals surface area contributed by atoms with Crippen LogP contribution in [0.2, 0.25) is 5.28 Å². The van der Waals surface area contributed by atoms with Crippen LogP contribution in [0.15, 0.2) is 30.5 Å². The van der Waals surface area contributed by atoms with Gasteiger partial charge in [0.2, 0.25) is 5.28 Å². The highest BCUT2D eigenvalue weighted by molar-refractivity contribution is 6.28. The van der Waals surface area contributed by atoms with E-state index in [2.05, 4.69) is 9.97 Å². The Morgan fingerprint density at radius 1 is 1.18 bits per heavy atom. The molecule has 0 atom stereocenters. The molecule has 2 rings (SSSR count). The number of hydrogen-bond acceptors (Lipinski definition) is 4. The second kappa shape index (κ2) is 4.79. The molecule has 4 nitrogen and oxygen atoms in total. The van der Waals surface area contributed by atoms with E-state index >= 15 is 0 Å². The fraction of sp³-hybridized carbons (Fsp3) is 0.167. The third kappa shape index (κ3) is 2.61. The smallest absolute Gasteiger partial charge is 0.222 e. The Kier molecular flexibility index (Phi) is 3.38. The molecule has 88 valence electrons. The minimum atomic E-state index is -1.46. The summed E-state index contributed by atoms with van der Waals surface area (Å²) in [5, 5.41) is 18.2. The van der Waals surface area contributed by atoms with Gasteiger partial charge >= 0.3 is 0 Å². The van der Waals surface area contributed by atoms with Gasteiger partial charge in [-0.25, -0.2) is 9.97 Å². The lowest BCUT2D eigenvalue weighted by atomic mass is 10.1. The summed E-state index contributed by atoms with van der Waals surface area (Å²) < 4.78 is 0. The molecule has 0 aliphatic rings. The van der Waals surface area contributed by atoms with Crippen molar-refractivity contribution < 1.29 is 10.2 Å². The summed E-state index contributed by atoms with van der Waals surface area (Å²) in [6.07, 6.45) is 0.193. The van der Waals surface area contributed by atoms with Crippen molar-refractivity contribution in [1.29, 1.82) is 0 Å². The molecule has 2 aromatic rings. The molecular formula is C12H11ClN2O2. The van der Waals surface area contributed by atoms with Crippen molar-refractivity contribution in [3.63, 3.8) is 0 Å². The van der Waals surface area contributed by atoms with Crippen LogP contribution in [0.25, 0.3) is 11.3 Å². The number of aliphatic hydroxyl groups is 2. The Morgan fingerprint density at radius 2 is 1.82 bits per heavy atom. The monoisotopic (exact) mass is 250 g/mol. The van der Waals surface area contributed by atoms with Crippen LogP contribution in [0.5, 0.6) is 0 Å². The van der Waals surface area contributed by atoms with Gasteiger partial charge < -0.3 is 10.2 Å². The fourth-order valence-electron chi connectivity index (χ4n) is 1.53. The summed E-state index contributed by atoms with van der Waals surface area (Å²) >= 11 is 5.75. The van der Waals surface area contributed by atoms with Crippen LogP contribution in [0.3, 0.4) is 0 Å². The highest BCUT2D eigenvalue weighted by atomic mass is 35.5. The van der Waals surface area contributed by atoms with Crippen molar-refractivity contribution in [2.75, 3.05) is 0 Å². The van der Waals surface area contributed by atoms with Gasteiger partial charge in [0.25, 0.3) is 0 Å². The summed E-state index contributed by atoms with van der Waals surface area (Å²) in [6, 6.07) is 6.80. The van der Waals surface area contributed by atoms with Crippen LogP contribution < -0.4 is 0 Å². The number of hydrogen-bond donors (Lipinski definition) is 2. The molecule has 0 fully saturated rings. The number of aromatic nitrogens is 2. The van der Waals surface area contributed by atoms with E-state index in [9.17, 15) is 0 Å². The van der Waals surface area contributed by atoms with Crippen molar-refractivity contribution in [3.8, 4) is 11.3 Å². The minimum Gasteiger partial charge on any atom is -0.364 e. The Hall–Kier alpha value is -1.49. The van der Waals surface area contributed by atoms with Crippen LogP contribution in [-0.4, -0.2) is 20.2 Å². The summed E-state index contributed by atoms with van der Waals surface area (Å²) in [6.45, 7) is 1.89. The third-order valence-electron chi connectivity index (χ3n) is 2.42. The SMILES string of the molecule is Cc1cnc(Cl)nc1-c1ccc(C(O)O)cc1. The Morgan fingerprint density at radius 3 is 2.41 bits per heavy atom. The number of benzene rings is 1. The van der Waals surface area contributed by atoms with Crippen molar-refractivity contribution in [2.24, 2.45) is 0 Å². The van der Waals surface area contributed by atoms with Crippen LogP contribution in [0, 0.1) is 6.92 Å². The lowest BCUT2D eigenvalue weighted by Crippen LogP contribution is -1.95. The van der Waals surface area contributed by atoms with Gasteiger partial charge in [0, 0.05) is 17.3 Å². The molecule has 1 aromatic heterocycles. The average molecular weight is 251 g/mol. The predicted molar refractivity (Wildman–Crippen MR) is 64.4 cm³/mol. The van der Waals surface area contributed by atoms with Crippen LogP contribution in [0.1, 0.15) is 17.4 Å². The molecule has 1 heterocycles. The second-order valence-corrected chi connectivity index (χ2v) is 4.00. The maximum Gasteiger partial charge on any atom is 0.222 e. The van der Waals surface area contributed by atoms with Gasteiger partial charge in [-0.15, -0.1) is 0 Å². The topological polar surface area (TPSA) is 66.2 Å². The standard InChI is InChI=1S/C12H11ClN2O2/c1-7-6-14-12(13)15-10(7)8-2-4-9(5-3-8)11(16)17/h2-6,11,16-17H,1H3. The summed E-state index contributed by atoms with van der Waals surface area (Å²) in [5.41, 5.74) is 2.94. The molecule has 0 saturated heterocycles.